The minimum Gasteiger partial charge on any atom is -0.478 e. The molecule has 6 nitrogen and oxygen atoms in total. The molecule has 146 valence electrons. The van der Waals surface area contributed by atoms with Crippen LogP contribution in [0.1, 0.15) is 67.4 Å². The Balaban J connectivity index is 0.000000337. The molecule has 0 radical (unpaired) electrons. The molecule has 1 N–H and O–H groups in total. The summed E-state index contributed by atoms with van der Waals surface area (Å²) in [5, 5.41) is 8.36. The van der Waals surface area contributed by atoms with Crippen molar-refractivity contribution in [3.05, 3.63) is 59.7 Å². The minimum absolute atomic E-state index is 0.269. The number of carbonyl (C=O) groups excluding carboxylic acids is 1. The molecule has 0 fully saturated rings. The Bertz CT molecular complexity index is 737. The molecule has 0 aliphatic rings. The van der Waals surface area contributed by atoms with E-state index in [1.54, 1.807) is 12.3 Å². The fourth-order valence-electron chi connectivity index (χ4n) is 2.01. The molecule has 0 bridgehead atoms. The lowest BCUT2D eigenvalue weighted by Crippen LogP contribution is -2.24. The van der Waals surface area contributed by atoms with Gasteiger partial charge in [0.05, 0.1) is 11.1 Å². The number of hydrogen-bond donors (Lipinski definition) is 1. The molecule has 27 heavy (non-hydrogen) atoms. The second-order valence-electron chi connectivity index (χ2n) is 7.51. The molecule has 0 atom stereocenters. The van der Waals surface area contributed by atoms with Crippen LogP contribution in [0.3, 0.4) is 0 Å². The van der Waals surface area contributed by atoms with Gasteiger partial charge >= 0.3 is 11.9 Å². The van der Waals surface area contributed by atoms with Crippen molar-refractivity contribution >= 4 is 11.9 Å². The van der Waals surface area contributed by atoms with E-state index in [2.05, 4.69) is 23.8 Å². The second kappa shape index (κ2) is 10.4. The van der Waals surface area contributed by atoms with Gasteiger partial charge in [-0.3, -0.25) is 9.97 Å². The summed E-state index contributed by atoms with van der Waals surface area (Å²) in [6.07, 6.45) is 6.54. The molecule has 0 aliphatic heterocycles. The van der Waals surface area contributed by atoms with Crippen LogP contribution in [-0.2, 0) is 11.2 Å². The summed E-state index contributed by atoms with van der Waals surface area (Å²) in [6.45, 7) is 9.96. The van der Waals surface area contributed by atoms with Crippen LogP contribution in [-0.4, -0.2) is 32.6 Å². The zero-order valence-corrected chi connectivity index (χ0v) is 16.6. The highest BCUT2D eigenvalue weighted by Crippen LogP contribution is 2.14. The van der Waals surface area contributed by atoms with E-state index < -0.39 is 11.6 Å². The maximum atomic E-state index is 11.9. The van der Waals surface area contributed by atoms with E-state index >= 15 is 0 Å². The van der Waals surface area contributed by atoms with E-state index in [-0.39, 0.29) is 11.5 Å². The number of esters is 1. The molecule has 0 aromatic carbocycles. The van der Waals surface area contributed by atoms with Crippen molar-refractivity contribution < 1.29 is 19.4 Å². The number of rotatable bonds is 5. The number of aromatic carboxylic acids is 1. The summed E-state index contributed by atoms with van der Waals surface area (Å²) in [4.78, 5) is 30.0. The molecule has 0 saturated heterocycles. The van der Waals surface area contributed by atoms with Crippen molar-refractivity contribution in [1.82, 2.24) is 9.97 Å². The Morgan fingerprint density at radius 2 is 1.67 bits per heavy atom. The molecule has 0 unspecified atom stereocenters. The standard InChI is InChI=1S/C15H23NO2.C6H5NO2/c1-11(2)6-7-13-10-12(8-9-16-13)14(17)18-15(3,4)5;8-6(9)5-1-3-7-4-2-5/h8-11H,6-7H2,1-5H3;1-4H,(H,8,9). The first-order chi connectivity index (χ1) is 12.6. The fraction of sp³-hybridized carbons (Fsp3) is 0.429. The number of aryl methyl sites for hydroxylation is 1. The van der Waals surface area contributed by atoms with Gasteiger partial charge in [-0.2, -0.15) is 0 Å². The zero-order chi connectivity index (χ0) is 20.4. The summed E-state index contributed by atoms with van der Waals surface area (Å²) in [5.74, 6) is -0.565. The van der Waals surface area contributed by atoms with Crippen molar-refractivity contribution in [3.8, 4) is 0 Å². The largest absolute Gasteiger partial charge is 0.478 e. The van der Waals surface area contributed by atoms with Gasteiger partial charge in [0.2, 0.25) is 0 Å². The van der Waals surface area contributed by atoms with E-state index in [1.165, 1.54) is 24.5 Å². The Morgan fingerprint density at radius 3 is 2.15 bits per heavy atom. The molecule has 2 heterocycles. The van der Waals surface area contributed by atoms with Crippen molar-refractivity contribution in [2.24, 2.45) is 5.92 Å². The highest BCUT2D eigenvalue weighted by molar-refractivity contribution is 5.89. The summed E-state index contributed by atoms with van der Waals surface area (Å²) < 4.78 is 5.34. The van der Waals surface area contributed by atoms with E-state index in [4.69, 9.17) is 9.84 Å². The highest BCUT2D eigenvalue weighted by Gasteiger charge is 2.18. The van der Waals surface area contributed by atoms with Gasteiger partial charge in [0, 0.05) is 24.3 Å². The van der Waals surface area contributed by atoms with Gasteiger partial charge in [0.15, 0.2) is 0 Å². The molecule has 2 rings (SSSR count). The third-order valence-electron chi connectivity index (χ3n) is 3.36. The van der Waals surface area contributed by atoms with Gasteiger partial charge in [-0.1, -0.05) is 13.8 Å². The smallest absolute Gasteiger partial charge is 0.338 e. The van der Waals surface area contributed by atoms with Crippen LogP contribution in [0.25, 0.3) is 0 Å². The summed E-state index contributed by atoms with van der Waals surface area (Å²) in [6, 6.07) is 6.42. The van der Waals surface area contributed by atoms with Crippen molar-refractivity contribution in [2.75, 3.05) is 0 Å². The number of nitrogens with zero attached hydrogens (tertiary/aromatic N) is 2. The average Bonchev–Trinajstić information content (AvgIpc) is 2.60. The topological polar surface area (TPSA) is 89.4 Å². The summed E-state index contributed by atoms with van der Waals surface area (Å²) in [5.41, 5.74) is 1.34. The number of carboxylic acid groups (broad SMARTS) is 1. The maximum Gasteiger partial charge on any atom is 0.338 e. The number of hydrogen-bond acceptors (Lipinski definition) is 5. The lowest BCUT2D eigenvalue weighted by Gasteiger charge is -2.19. The first-order valence-corrected chi connectivity index (χ1v) is 8.90. The average molecular weight is 372 g/mol. The van der Waals surface area contributed by atoms with Crippen molar-refractivity contribution in [2.45, 2.75) is 53.1 Å². The molecule has 2 aromatic rings. The van der Waals surface area contributed by atoms with Crippen molar-refractivity contribution in [3.63, 3.8) is 0 Å². The summed E-state index contributed by atoms with van der Waals surface area (Å²) >= 11 is 0. The second-order valence-corrected chi connectivity index (χ2v) is 7.51. The molecule has 0 aliphatic carbocycles. The molecular weight excluding hydrogens is 344 g/mol. The van der Waals surface area contributed by atoms with Gasteiger partial charge in [0.1, 0.15) is 5.60 Å². The maximum absolute atomic E-state index is 11.9. The van der Waals surface area contributed by atoms with Crippen LogP contribution >= 0.6 is 0 Å². The number of pyridine rings is 2. The van der Waals surface area contributed by atoms with Crippen LogP contribution in [0.15, 0.2) is 42.9 Å². The van der Waals surface area contributed by atoms with Crippen LogP contribution in [0, 0.1) is 5.92 Å². The van der Waals surface area contributed by atoms with Crippen molar-refractivity contribution in [1.29, 1.82) is 0 Å². The van der Waals surface area contributed by atoms with Gasteiger partial charge in [-0.15, -0.1) is 0 Å². The molecule has 0 amide bonds. The molecule has 6 heteroatoms. The van der Waals surface area contributed by atoms with Gasteiger partial charge in [0.25, 0.3) is 0 Å². The van der Waals surface area contributed by atoms with E-state index in [0.29, 0.717) is 11.5 Å². The Hall–Kier alpha value is -2.76. The van der Waals surface area contributed by atoms with Crippen LogP contribution in [0.5, 0.6) is 0 Å². The van der Waals surface area contributed by atoms with Crippen LogP contribution in [0.4, 0.5) is 0 Å². The van der Waals surface area contributed by atoms with E-state index in [0.717, 1.165) is 18.5 Å². The monoisotopic (exact) mass is 372 g/mol. The first-order valence-electron chi connectivity index (χ1n) is 8.90. The highest BCUT2D eigenvalue weighted by atomic mass is 16.6. The third-order valence-corrected chi connectivity index (χ3v) is 3.36. The fourth-order valence-corrected chi connectivity index (χ4v) is 2.01. The third kappa shape index (κ3) is 9.49. The van der Waals surface area contributed by atoms with Gasteiger partial charge in [-0.25, -0.2) is 9.59 Å². The molecule has 0 spiro atoms. The molecule has 0 saturated carbocycles. The predicted octanol–water partition coefficient (Wildman–Crippen LogP) is 4.41. The SMILES string of the molecule is CC(C)CCc1cc(C(=O)OC(C)(C)C)ccn1.O=C(O)c1ccncc1. The normalized spacial score (nSPS) is 10.7. The Morgan fingerprint density at radius 1 is 1.07 bits per heavy atom. The molecular formula is C21H28N2O4. The predicted molar refractivity (Wildman–Crippen MR) is 104 cm³/mol. The number of carboxylic acids is 1. The quantitative estimate of drug-likeness (QED) is 0.782. The lowest BCUT2D eigenvalue weighted by atomic mass is 10.1. The van der Waals surface area contributed by atoms with E-state index in [1.807, 2.05) is 26.8 Å². The lowest BCUT2D eigenvalue weighted by molar-refractivity contribution is 0.00690. The van der Waals surface area contributed by atoms with Gasteiger partial charge in [-0.05, 0) is 63.8 Å². The first kappa shape index (κ1) is 22.3. The Kier molecular flexibility index (Phi) is 8.59. The summed E-state index contributed by atoms with van der Waals surface area (Å²) in [7, 11) is 0. The molecule has 2 aromatic heterocycles. The minimum atomic E-state index is -0.919. The van der Waals surface area contributed by atoms with Crippen LogP contribution in [0.2, 0.25) is 0 Å². The van der Waals surface area contributed by atoms with E-state index in [9.17, 15) is 9.59 Å². The number of carbonyl (C=O) groups is 2. The zero-order valence-electron chi connectivity index (χ0n) is 16.6. The Labute approximate surface area is 160 Å². The number of ether oxygens (including phenoxy) is 1. The number of aromatic nitrogens is 2. The van der Waals surface area contributed by atoms with Gasteiger partial charge < -0.3 is 9.84 Å². The van der Waals surface area contributed by atoms with Crippen LogP contribution < -0.4 is 0 Å².